The van der Waals surface area contributed by atoms with Gasteiger partial charge in [-0.15, -0.1) is 0 Å². The average Bonchev–Trinajstić information content (AvgIpc) is 2.96. The minimum Gasteiger partial charge on any atom is -0.372 e. The van der Waals surface area contributed by atoms with Crippen LogP contribution in [0.25, 0.3) is 11.1 Å². The van der Waals surface area contributed by atoms with Crippen LogP contribution in [-0.4, -0.2) is 83.3 Å². The Morgan fingerprint density at radius 1 is 1.00 bits per heavy atom. The lowest BCUT2D eigenvalue weighted by molar-refractivity contribution is -0.00572. The molecule has 44 heavy (non-hydrogen) atoms. The fourth-order valence-corrected chi connectivity index (χ4v) is 5.84. The van der Waals surface area contributed by atoms with Gasteiger partial charge in [-0.2, -0.15) is 0 Å². The highest BCUT2D eigenvalue weighted by atomic mass is 19.3. The highest BCUT2D eigenvalue weighted by Crippen LogP contribution is 2.39. The van der Waals surface area contributed by atoms with Crippen LogP contribution < -0.4 is 20.7 Å². The van der Waals surface area contributed by atoms with Crippen molar-refractivity contribution in [2.75, 3.05) is 48.3 Å². The number of ether oxygens (including phenoxy) is 1. The molecule has 0 saturated carbocycles. The van der Waals surface area contributed by atoms with Gasteiger partial charge in [-0.3, -0.25) is 14.5 Å². The molecule has 4 atom stereocenters. The van der Waals surface area contributed by atoms with Crippen molar-refractivity contribution in [1.82, 2.24) is 19.9 Å². The Kier molecular flexibility index (Phi) is 8.93. The summed E-state index contributed by atoms with van der Waals surface area (Å²) in [6, 6.07) is 1.75. The molecule has 2 aliphatic heterocycles. The lowest BCUT2D eigenvalue weighted by Crippen LogP contribution is -2.55. The predicted octanol–water partition coefficient (Wildman–Crippen LogP) is 4.44. The number of nitrogens with one attached hydrogen (secondary N) is 2. The average molecular weight is 618 g/mol. The van der Waals surface area contributed by atoms with Gasteiger partial charge in [-0.05, 0) is 34.7 Å². The monoisotopic (exact) mass is 617 g/mol. The van der Waals surface area contributed by atoms with E-state index in [-0.39, 0.29) is 41.2 Å². The van der Waals surface area contributed by atoms with Crippen LogP contribution in [0.4, 0.5) is 34.9 Å². The molecule has 14 heteroatoms. The number of hydrogen-bond donors (Lipinski definition) is 2. The number of likely N-dealkylation sites (N-methyl/N-ethyl adjacent to an activating group) is 1. The highest BCUT2D eigenvalue weighted by Gasteiger charge is 2.32. The largest absolute Gasteiger partial charge is 0.372 e. The van der Waals surface area contributed by atoms with Gasteiger partial charge < -0.3 is 24.8 Å². The molecule has 0 bridgehead atoms. The first-order valence-electron chi connectivity index (χ1n) is 14.4. The molecule has 2 N–H and O–H groups in total. The number of H-pyrrole nitrogens is 1. The molecule has 5 rings (SSSR count). The molecule has 0 aliphatic carbocycles. The van der Waals surface area contributed by atoms with Gasteiger partial charge in [0.05, 0.1) is 29.0 Å². The minimum atomic E-state index is -3.14. The summed E-state index contributed by atoms with van der Waals surface area (Å²) in [6.07, 6.45) is 0.208. The summed E-state index contributed by atoms with van der Waals surface area (Å²) in [4.78, 5) is 41.7. The molecule has 2 saturated heterocycles. The van der Waals surface area contributed by atoms with E-state index < -0.39 is 46.2 Å². The molecule has 10 nitrogen and oxygen atoms in total. The molecule has 2 aliphatic rings. The van der Waals surface area contributed by atoms with Crippen molar-refractivity contribution >= 4 is 23.2 Å². The first-order chi connectivity index (χ1) is 20.8. The molecule has 1 amide bonds. The Morgan fingerprint density at radius 2 is 1.61 bits per heavy atom. The van der Waals surface area contributed by atoms with Gasteiger partial charge in [-0.25, -0.2) is 27.5 Å². The number of rotatable bonds is 6. The van der Waals surface area contributed by atoms with Crippen LogP contribution >= 0.6 is 0 Å². The Morgan fingerprint density at radius 3 is 2.20 bits per heavy atom. The maximum Gasteiger partial charge on any atom is 0.264 e. The molecule has 0 radical (unpaired) electrons. The molecule has 4 heterocycles. The lowest BCUT2D eigenvalue weighted by atomic mass is 10.0. The number of morpholine rings is 1. The summed E-state index contributed by atoms with van der Waals surface area (Å²) in [5.41, 5.74) is -2.96. The number of alkyl halides is 2. The van der Waals surface area contributed by atoms with Gasteiger partial charge in [0.1, 0.15) is 11.5 Å². The summed E-state index contributed by atoms with van der Waals surface area (Å²) in [6.45, 7) is 9.65. The fraction of sp³-hybridized carbons (Fsp3) is 0.467. The standard InChI is InChI=1S/C30H35F4N7O3/c1-15-11-40(12-16(2)39(15)5)23-7-22(31)25(19-8-36-30(37-9-19)41-13-17(3)44-18(4)14-41)26(32)27(23)38-29(43)21-10-35-24(42)6-20(21)28(33)34/h6-10,15-18,28H,11-14H2,1-5H3,(H,35,42)(H,38,43)/t15-,16+,17-,18-/m0/s1. The van der Waals surface area contributed by atoms with Crippen molar-refractivity contribution in [1.29, 1.82) is 0 Å². The number of hydrogen-bond acceptors (Lipinski definition) is 8. The zero-order valence-electron chi connectivity index (χ0n) is 25.1. The Balaban J connectivity index is 1.57. The van der Waals surface area contributed by atoms with E-state index in [4.69, 9.17) is 4.74 Å². The van der Waals surface area contributed by atoms with E-state index in [0.29, 0.717) is 38.2 Å². The number of aromatic amines is 1. The summed E-state index contributed by atoms with van der Waals surface area (Å²) in [7, 11) is 1.95. The fourth-order valence-electron chi connectivity index (χ4n) is 5.84. The summed E-state index contributed by atoms with van der Waals surface area (Å²) in [5.74, 6) is -2.73. The number of anilines is 3. The quantitative estimate of drug-likeness (QED) is 0.391. The molecule has 3 aromatic rings. The number of carbonyl (C=O) groups is 1. The number of amides is 1. The second-order valence-corrected chi connectivity index (χ2v) is 11.6. The second-order valence-electron chi connectivity index (χ2n) is 11.6. The van der Waals surface area contributed by atoms with Crippen LogP contribution in [0, 0.1) is 11.6 Å². The number of benzene rings is 1. The molecule has 2 fully saturated rings. The van der Waals surface area contributed by atoms with E-state index in [2.05, 4.69) is 25.2 Å². The SMILES string of the molecule is C[C@@H]1CN(c2cc(F)c(-c3cnc(N4C[C@H](C)O[C@@H](C)C4)nc3)c(F)c2NC(=O)c2c[nH]c(=O)cc2C(F)F)C[C@H](C)N1C. The first-order valence-corrected chi connectivity index (χ1v) is 14.4. The van der Waals surface area contributed by atoms with Crippen molar-refractivity contribution in [3.63, 3.8) is 0 Å². The van der Waals surface area contributed by atoms with Crippen molar-refractivity contribution in [3.05, 3.63) is 63.8 Å². The van der Waals surface area contributed by atoms with E-state index >= 15 is 8.78 Å². The van der Waals surface area contributed by atoms with Gasteiger partial charge in [0.15, 0.2) is 5.82 Å². The van der Waals surface area contributed by atoms with Gasteiger partial charge in [0.25, 0.3) is 12.3 Å². The topological polar surface area (TPSA) is 107 Å². The third-order valence-electron chi connectivity index (χ3n) is 8.20. The number of halogens is 4. The highest BCUT2D eigenvalue weighted by molar-refractivity contribution is 6.07. The van der Waals surface area contributed by atoms with Crippen LogP contribution in [0.3, 0.4) is 0 Å². The zero-order chi connectivity index (χ0) is 31.9. The minimum absolute atomic E-state index is 0.00398. The second kappa shape index (κ2) is 12.5. The van der Waals surface area contributed by atoms with E-state index in [1.165, 1.54) is 12.4 Å². The molecule has 1 aromatic carbocycles. The van der Waals surface area contributed by atoms with Gasteiger partial charge >= 0.3 is 0 Å². The maximum atomic E-state index is 16.5. The van der Waals surface area contributed by atoms with Crippen LogP contribution in [0.1, 0.15) is 50.0 Å². The van der Waals surface area contributed by atoms with Crippen LogP contribution in [-0.2, 0) is 4.74 Å². The third kappa shape index (κ3) is 6.27. The molecule has 0 unspecified atom stereocenters. The first kappa shape index (κ1) is 31.4. The number of piperazine rings is 1. The summed E-state index contributed by atoms with van der Waals surface area (Å²) >= 11 is 0. The van der Waals surface area contributed by atoms with E-state index in [1.54, 1.807) is 4.90 Å². The van der Waals surface area contributed by atoms with Gasteiger partial charge in [0.2, 0.25) is 11.5 Å². The Bertz CT molecular complexity index is 1560. The summed E-state index contributed by atoms with van der Waals surface area (Å²) < 4.78 is 65.5. The molecular formula is C30H35F4N7O3. The predicted molar refractivity (Wildman–Crippen MR) is 158 cm³/mol. The lowest BCUT2D eigenvalue weighted by Gasteiger charge is -2.44. The van der Waals surface area contributed by atoms with Crippen molar-refractivity contribution in [2.24, 2.45) is 0 Å². The van der Waals surface area contributed by atoms with Crippen molar-refractivity contribution < 1.29 is 27.1 Å². The van der Waals surface area contributed by atoms with E-state index in [9.17, 15) is 18.4 Å². The van der Waals surface area contributed by atoms with E-state index in [1.807, 2.05) is 39.6 Å². The summed E-state index contributed by atoms with van der Waals surface area (Å²) in [5, 5.41) is 2.40. The molecule has 0 spiro atoms. The van der Waals surface area contributed by atoms with Crippen LogP contribution in [0.2, 0.25) is 0 Å². The number of aromatic nitrogens is 3. The number of pyridine rings is 1. The third-order valence-corrected chi connectivity index (χ3v) is 8.20. The van der Waals surface area contributed by atoms with E-state index in [0.717, 1.165) is 12.3 Å². The van der Waals surface area contributed by atoms with Gasteiger partial charge in [0, 0.05) is 80.1 Å². The van der Waals surface area contributed by atoms with Crippen molar-refractivity contribution in [2.45, 2.75) is 58.4 Å². The van der Waals surface area contributed by atoms with Crippen LogP contribution in [0.5, 0.6) is 0 Å². The van der Waals surface area contributed by atoms with Crippen LogP contribution in [0.15, 0.2) is 35.5 Å². The number of carbonyl (C=O) groups excluding carboxylic acids is 1. The zero-order valence-corrected chi connectivity index (χ0v) is 25.1. The Labute approximate surface area is 252 Å². The Hall–Kier alpha value is -4.04. The van der Waals surface area contributed by atoms with Crippen molar-refractivity contribution in [3.8, 4) is 11.1 Å². The molecule has 2 aromatic heterocycles. The number of nitrogens with zero attached hydrogens (tertiary/aromatic N) is 5. The molecule has 236 valence electrons. The van der Waals surface area contributed by atoms with Gasteiger partial charge in [-0.1, -0.05) is 0 Å². The maximum absolute atomic E-state index is 16.5. The molecular weight excluding hydrogens is 582 g/mol. The normalized spacial score (nSPS) is 22.9. The smallest absolute Gasteiger partial charge is 0.264 e.